The van der Waals surface area contributed by atoms with Crippen molar-refractivity contribution in [3.05, 3.63) is 18.1 Å². The molecule has 0 amide bonds. The SMILES string of the molecule is COCCC1(CNc2cnc(C(=O)O)cn2)CCC1. The Bertz CT molecular complexity index is 429. The van der Waals surface area contributed by atoms with Gasteiger partial charge in [-0.1, -0.05) is 6.42 Å². The third kappa shape index (κ3) is 3.41. The maximum absolute atomic E-state index is 10.7. The van der Waals surface area contributed by atoms with Crippen LogP contribution in [0, 0.1) is 5.41 Å². The van der Waals surface area contributed by atoms with Gasteiger partial charge in [-0.15, -0.1) is 0 Å². The molecule has 0 radical (unpaired) electrons. The molecular formula is C13H19N3O3. The van der Waals surface area contributed by atoms with Crippen LogP contribution < -0.4 is 5.32 Å². The fraction of sp³-hybridized carbons (Fsp3) is 0.615. The van der Waals surface area contributed by atoms with Gasteiger partial charge in [-0.2, -0.15) is 0 Å². The highest BCUT2D eigenvalue weighted by Crippen LogP contribution is 2.43. The molecule has 0 bridgehead atoms. The van der Waals surface area contributed by atoms with E-state index in [0.717, 1.165) is 19.6 Å². The van der Waals surface area contributed by atoms with Crippen molar-refractivity contribution in [3.8, 4) is 0 Å². The van der Waals surface area contributed by atoms with Crippen molar-refractivity contribution >= 4 is 11.8 Å². The summed E-state index contributed by atoms with van der Waals surface area (Å²) >= 11 is 0. The summed E-state index contributed by atoms with van der Waals surface area (Å²) in [6.07, 6.45) is 7.43. The van der Waals surface area contributed by atoms with Crippen molar-refractivity contribution in [1.29, 1.82) is 0 Å². The summed E-state index contributed by atoms with van der Waals surface area (Å²) in [7, 11) is 1.72. The molecule has 0 atom stereocenters. The lowest BCUT2D eigenvalue weighted by atomic mass is 9.67. The molecule has 0 aliphatic heterocycles. The summed E-state index contributed by atoms with van der Waals surface area (Å²) < 4.78 is 5.15. The Kier molecular flexibility index (Phi) is 4.31. The second-order valence-electron chi connectivity index (χ2n) is 5.04. The first-order chi connectivity index (χ1) is 9.15. The first-order valence-electron chi connectivity index (χ1n) is 6.43. The van der Waals surface area contributed by atoms with Crippen molar-refractivity contribution in [2.75, 3.05) is 25.6 Å². The van der Waals surface area contributed by atoms with Gasteiger partial charge in [0.25, 0.3) is 0 Å². The molecule has 2 rings (SSSR count). The molecule has 104 valence electrons. The molecule has 1 aromatic rings. The maximum Gasteiger partial charge on any atom is 0.356 e. The number of rotatable bonds is 7. The molecule has 1 aliphatic carbocycles. The minimum Gasteiger partial charge on any atom is -0.476 e. The van der Waals surface area contributed by atoms with Crippen LogP contribution in [0.4, 0.5) is 5.82 Å². The topological polar surface area (TPSA) is 84.3 Å². The molecule has 0 saturated heterocycles. The average molecular weight is 265 g/mol. The van der Waals surface area contributed by atoms with Crippen molar-refractivity contribution in [1.82, 2.24) is 9.97 Å². The Balaban J connectivity index is 1.88. The quantitative estimate of drug-likeness (QED) is 0.782. The second kappa shape index (κ2) is 5.97. The fourth-order valence-corrected chi connectivity index (χ4v) is 2.32. The average Bonchev–Trinajstić information content (AvgIpc) is 2.37. The number of anilines is 1. The zero-order valence-corrected chi connectivity index (χ0v) is 11.1. The van der Waals surface area contributed by atoms with E-state index in [1.165, 1.54) is 31.7 Å². The minimum atomic E-state index is -1.06. The van der Waals surface area contributed by atoms with E-state index in [2.05, 4.69) is 15.3 Å². The molecule has 6 nitrogen and oxygen atoms in total. The molecule has 1 fully saturated rings. The van der Waals surface area contributed by atoms with E-state index in [9.17, 15) is 4.79 Å². The molecule has 0 unspecified atom stereocenters. The molecule has 0 aromatic carbocycles. The van der Waals surface area contributed by atoms with E-state index in [0.29, 0.717) is 11.2 Å². The van der Waals surface area contributed by atoms with Gasteiger partial charge < -0.3 is 15.2 Å². The lowest BCUT2D eigenvalue weighted by Crippen LogP contribution is -2.37. The van der Waals surface area contributed by atoms with E-state index in [4.69, 9.17) is 9.84 Å². The smallest absolute Gasteiger partial charge is 0.356 e. The second-order valence-corrected chi connectivity index (χ2v) is 5.04. The lowest BCUT2D eigenvalue weighted by Gasteiger charge is -2.42. The first-order valence-corrected chi connectivity index (χ1v) is 6.43. The number of carboxylic acid groups (broad SMARTS) is 1. The van der Waals surface area contributed by atoms with Crippen LogP contribution >= 0.6 is 0 Å². The zero-order valence-electron chi connectivity index (χ0n) is 11.1. The third-order valence-corrected chi connectivity index (χ3v) is 3.77. The standard InChI is InChI=1S/C13H19N3O3/c1-19-6-5-13(3-2-4-13)9-16-11-8-14-10(7-15-11)12(17)18/h7-8H,2-6,9H2,1H3,(H,15,16)(H,17,18). The molecule has 6 heteroatoms. The number of methoxy groups -OCH3 is 1. The van der Waals surface area contributed by atoms with Crippen molar-refractivity contribution in [2.45, 2.75) is 25.7 Å². The molecule has 2 N–H and O–H groups in total. The predicted molar refractivity (Wildman–Crippen MR) is 70.3 cm³/mol. The molecular weight excluding hydrogens is 246 g/mol. The van der Waals surface area contributed by atoms with Crippen LogP contribution in [0.25, 0.3) is 0 Å². The van der Waals surface area contributed by atoms with Gasteiger partial charge in [-0.3, -0.25) is 0 Å². The highest BCUT2D eigenvalue weighted by molar-refractivity contribution is 5.84. The third-order valence-electron chi connectivity index (χ3n) is 3.77. The van der Waals surface area contributed by atoms with Gasteiger partial charge in [0.15, 0.2) is 5.69 Å². The van der Waals surface area contributed by atoms with Gasteiger partial charge in [0.05, 0.1) is 12.4 Å². The number of aromatic nitrogens is 2. The summed E-state index contributed by atoms with van der Waals surface area (Å²) in [6.45, 7) is 1.60. The Morgan fingerprint density at radius 2 is 2.26 bits per heavy atom. The molecule has 1 saturated carbocycles. The summed E-state index contributed by atoms with van der Waals surface area (Å²) in [4.78, 5) is 18.6. The highest BCUT2D eigenvalue weighted by atomic mass is 16.5. The Labute approximate surface area is 112 Å². The van der Waals surface area contributed by atoms with Gasteiger partial charge >= 0.3 is 5.97 Å². The monoisotopic (exact) mass is 265 g/mol. The van der Waals surface area contributed by atoms with Crippen LogP contribution in [-0.4, -0.2) is 41.3 Å². The number of carboxylic acids is 1. The van der Waals surface area contributed by atoms with Crippen molar-refractivity contribution < 1.29 is 14.6 Å². The van der Waals surface area contributed by atoms with Crippen LogP contribution in [-0.2, 0) is 4.74 Å². The number of carbonyl (C=O) groups is 1. The normalized spacial score (nSPS) is 16.7. The number of hydrogen-bond donors (Lipinski definition) is 2. The van der Waals surface area contributed by atoms with E-state index >= 15 is 0 Å². The van der Waals surface area contributed by atoms with Crippen LogP contribution in [0.1, 0.15) is 36.2 Å². The molecule has 1 aromatic heterocycles. The van der Waals surface area contributed by atoms with E-state index in [-0.39, 0.29) is 5.69 Å². The van der Waals surface area contributed by atoms with Gasteiger partial charge in [0, 0.05) is 20.3 Å². The van der Waals surface area contributed by atoms with Crippen LogP contribution in [0.5, 0.6) is 0 Å². The number of ether oxygens (including phenoxy) is 1. The summed E-state index contributed by atoms with van der Waals surface area (Å²) in [5.41, 5.74) is 0.256. The Morgan fingerprint density at radius 1 is 1.47 bits per heavy atom. The van der Waals surface area contributed by atoms with Crippen LogP contribution in [0.2, 0.25) is 0 Å². The highest BCUT2D eigenvalue weighted by Gasteiger charge is 2.36. The fourth-order valence-electron chi connectivity index (χ4n) is 2.32. The number of nitrogens with one attached hydrogen (secondary N) is 1. The number of nitrogens with zero attached hydrogens (tertiary/aromatic N) is 2. The maximum atomic E-state index is 10.7. The van der Waals surface area contributed by atoms with Crippen LogP contribution in [0.15, 0.2) is 12.4 Å². The Morgan fingerprint density at radius 3 is 2.74 bits per heavy atom. The summed E-state index contributed by atoms with van der Waals surface area (Å²) in [5.74, 6) is -0.441. The molecule has 19 heavy (non-hydrogen) atoms. The van der Waals surface area contributed by atoms with Gasteiger partial charge in [0.1, 0.15) is 5.82 Å². The van der Waals surface area contributed by atoms with Gasteiger partial charge in [0.2, 0.25) is 0 Å². The largest absolute Gasteiger partial charge is 0.476 e. The molecule has 1 aliphatic rings. The van der Waals surface area contributed by atoms with Gasteiger partial charge in [-0.25, -0.2) is 14.8 Å². The van der Waals surface area contributed by atoms with Crippen molar-refractivity contribution in [3.63, 3.8) is 0 Å². The van der Waals surface area contributed by atoms with E-state index < -0.39 is 5.97 Å². The number of hydrogen-bond acceptors (Lipinski definition) is 5. The van der Waals surface area contributed by atoms with Crippen molar-refractivity contribution in [2.24, 2.45) is 5.41 Å². The molecule has 0 spiro atoms. The molecule has 1 heterocycles. The summed E-state index contributed by atoms with van der Waals surface area (Å²) in [6, 6.07) is 0. The Hall–Kier alpha value is -1.69. The first kappa shape index (κ1) is 13.7. The number of aromatic carboxylic acids is 1. The zero-order chi connectivity index (χ0) is 13.7. The van der Waals surface area contributed by atoms with Gasteiger partial charge in [-0.05, 0) is 24.7 Å². The van der Waals surface area contributed by atoms with E-state index in [1.807, 2.05) is 0 Å². The van der Waals surface area contributed by atoms with E-state index in [1.54, 1.807) is 7.11 Å². The predicted octanol–water partition coefficient (Wildman–Crippen LogP) is 1.79. The minimum absolute atomic E-state index is 0.0386. The lowest BCUT2D eigenvalue weighted by molar-refractivity contribution is 0.0689. The summed E-state index contributed by atoms with van der Waals surface area (Å²) in [5, 5.41) is 12.0. The van der Waals surface area contributed by atoms with Crippen LogP contribution in [0.3, 0.4) is 0 Å².